The number of halogens is 2. The molecular formula is C37H47Cl2N5O5. The van der Waals surface area contributed by atoms with E-state index in [-0.39, 0.29) is 48.8 Å². The van der Waals surface area contributed by atoms with E-state index in [1.165, 1.54) is 0 Å². The maximum atomic E-state index is 13.6. The first-order valence-corrected chi connectivity index (χ1v) is 17.5. The number of aliphatic hydroxyl groups excluding tert-OH is 1. The van der Waals surface area contributed by atoms with E-state index in [0.29, 0.717) is 83.7 Å². The Labute approximate surface area is 298 Å². The fourth-order valence-corrected chi connectivity index (χ4v) is 6.16. The number of rotatable bonds is 14. The van der Waals surface area contributed by atoms with Crippen LogP contribution in [0.2, 0.25) is 10.0 Å². The number of aliphatic hydroxyl groups is 1. The number of carbonyl (C=O) groups is 3. The average Bonchev–Trinajstić information content (AvgIpc) is 3.10. The van der Waals surface area contributed by atoms with Crippen LogP contribution in [0, 0.1) is 5.92 Å². The number of unbranched alkanes of at least 4 members (excludes halogenated alkanes) is 2. The predicted octanol–water partition coefficient (Wildman–Crippen LogP) is 6.38. The summed E-state index contributed by atoms with van der Waals surface area (Å²) >= 11 is 12.3. The molecule has 0 bridgehead atoms. The number of benzene rings is 3. The van der Waals surface area contributed by atoms with Gasteiger partial charge >= 0.3 is 0 Å². The van der Waals surface area contributed by atoms with Crippen LogP contribution >= 0.6 is 23.2 Å². The molecule has 0 aliphatic carbocycles. The molecule has 0 radical (unpaired) electrons. The zero-order valence-corrected chi connectivity index (χ0v) is 29.9. The lowest BCUT2D eigenvalue weighted by Crippen LogP contribution is -2.47. The number of nitrogens with two attached hydrogens (primary N) is 1. The summed E-state index contributed by atoms with van der Waals surface area (Å²) in [6, 6.07) is 17.7. The van der Waals surface area contributed by atoms with Crippen molar-refractivity contribution in [3.63, 3.8) is 0 Å². The van der Waals surface area contributed by atoms with Crippen molar-refractivity contribution in [2.24, 2.45) is 5.92 Å². The number of para-hydroxylation sites is 2. The van der Waals surface area contributed by atoms with Gasteiger partial charge in [-0.2, -0.15) is 0 Å². The number of carbonyl (C=O) groups excluding carboxylic acids is 3. The fraction of sp³-hybridized carbons (Fsp3) is 0.432. The van der Waals surface area contributed by atoms with Gasteiger partial charge in [-0.3, -0.25) is 19.3 Å². The SMILES string of the molecule is C[C@H]1CN([C@@H](C)CO)C(=O)Cc2cc(NC(=O)CCCCCC(=O)Nc3ccccc3N)ccc2O[C@H]1CN(C)Cc1ccc(Cl)c(Cl)c1. The molecule has 10 nitrogen and oxygen atoms in total. The standard InChI is InChI=1S/C37H47Cl2N5O5/c1-24-20-44(25(2)23-45)37(48)19-27-18-28(41-35(46)11-5-4-6-12-36(47)42-32-10-8-7-9-31(32)40)14-16-33(27)49-34(24)22-43(3)21-26-13-15-29(38)30(39)17-26/h7-10,13-18,24-25,34,45H,4-6,11-12,19-23,40H2,1-3H3,(H,41,46)(H,42,47)/t24-,25-,34-/m0/s1. The van der Waals surface area contributed by atoms with E-state index >= 15 is 0 Å². The molecule has 264 valence electrons. The number of anilines is 3. The number of hydrogen-bond acceptors (Lipinski definition) is 7. The van der Waals surface area contributed by atoms with Gasteiger partial charge in [-0.05, 0) is 74.8 Å². The number of amides is 3. The molecule has 1 aliphatic rings. The van der Waals surface area contributed by atoms with E-state index in [9.17, 15) is 19.5 Å². The third-order valence-electron chi connectivity index (χ3n) is 8.67. The summed E-state index contributed by atoms with van der Waals surface area (Å²) in [7, 11) is 2.00. The Balaban J connectivity index is 1.37. The van der Waals surface area contributed by atoms with Crippen LogP contribution in [0.25, 0.3) is 0 Å². The smallest absolute Gasteiger partial charge is 0.227 e. The topological polar surface area (TPSA) is 137 Å². The molecule has 0 saturated heterocycles. The summed E-state index contributed by atoms with van der Waals surface area (Å²) in [5.41, 5.74) is 9.25. The van der Waals surface area contributed by atoms with E-state index in [1.807, 2.05) is 45.2 Å². The van der Waals surface area contributed by atoms with E-state index in [1.54, 1.807) is 41.3 Å². The molecule has 3 amide bonds. The molecule has 0 spiro atoms. The minimum atomic E-state index is -0.364. The Kier molecular flexibility index (Phi) is 14.1. The predicted molar refractivity (Wildman–Crippen MR) is 196 cm³/mol. The second-order valence-corrected chi connectivity index (χ2v) is 13.7. The number of nitrogens with zero attached hydrogens (tertiary/aromatic N) is 2. The molecule has 3 aromatic rings. The van der Waals surface area contributed by atoms with E-state index in [2.05, 4.69) is 15.5 Å². The first-order valence-electron chi connectivity index (χ1n) is 16.7. The van der Waals surface area contributed by atoms with Crippen molar-refractivity contribution in [3.05, 3.63) is 81.8 Å². The molecule has 4 rings (SSSR count). The highest BCUT2D eigenvalue weighted by Crippen LogP contribution is 2.30. The largest absolute Gasteiger partial charge is 0.488 e. The average molecular weight is 713 g/mol. The number of likely N-dealkylation sites (N-methyl/N-ethyl adjacent to an activating group) is 1. The van der Waals surface area contributed by atoms with Crippen molar-refractivity contribution in [3.8, 4) is 5.75 Å². The monoisotopic (exact) mass is 711 g/mol. The quantitative estimate of drug-likeness (QED) is 0.112. The van der Waals surface area contributed by atoms with E-state index in [4.69, 9.17) is 33.7 Å². The summed E-state index contributed by atoms with van der Waals surface area (Å²) in [6.45, 7) is 5.33. The lowest BCUT2D eigenvalue weighted by atomic mass is 10.0. The highest BCUT2D eigenvalue weighted by Gasteiger charge is 2.31. The number of fused-ring (bicyclic) bond motifs is 1. The molecule has 1 aliphatic heterocycles. The zero-order chi connectivity index (χ0) is 35.5. The first kappa shape index (κ1) is 38.0. The van der Waals surface area contributed by atoms with Crippen LogP contribution in [-0.2, 0) is 27.3 Å². The normalized spacial score (nSPS) is 17.0. The van der Waals surface area contributed by atoms with Crippen molar-refractivity contribution >= 4 is 58.0 Å². The van der Waals surface area contributed by atoms with Crippen LogP contribution < -0.4 is 21.1 Å². The highest BCUT2D eigenvalue weighted by atomic mass is 35.5. The highest BCUT2D eigenvalue weighted by molar-refractivity contribution is 6.42. The summed E-state index contributed by atoms with van der Waals surface area (Å²) in [5.74, 6) is 0.146. The Hall–Kier alpha value is -3.83. The third kappa shape index (κ3) is 11.4. The second-order valence-electron chi connectivity index (χ2n) is 12.9. The number of hydrogen-bond donors (Lipinski definition) is 4. The zero-order valence-electron chi connectivity index (χ0n) is 28.4. The van der Waals surface area contributed by atoms with Gasteiger partial charge in [0.15, 0.2) is 0 Å². The van der Waals surface area contributed by atoms with Crippen LogP contribution in [-0.4, -0.2) is 71.5 Å². The molecule has 0 fully saturated rings. The number of nitrogen functional groups attached to an aromatic ring is 1. The molecule has 5 N–H and O–H groups in total. The van der Waals surface area contributed by atoms with Crippen LogP contribution in [0.1, 0.15) is 57.1 Å². The molecule has 0 saturated carbocycles. The lowest BCUT2D eigenvalue weighted by Gasteiger charge is -2.34. The molecule has 3 aromatic carbocycles. The molecular weight excluding hydrogens is 665 g/mol. The minimum absolute atomic E-state index is 0.0536. The second kappa shape index (κ2) is 18.2. The van der Waals surface area contributed by atoms with Gasteiger partial charge in [0, 0.05) is 49.6 Å². The molecule has 0 aromatic heterocycles. The van der Waals surface area contributed by atoms with Crippen LogP contribution in [0.5, 0.6) is 5.75 Å². The van der Waals surface area contributed by atoms with Gasteiger partial charge in [-0.25, -0.2) is 0 Å². The molecule has 12 heteroatoms. The maximum absolute atomic E-state index is 13.6. The first-order chi connectivity index (χ1) is 23.4. The Morgan fingerprint density at radius 2 is 1.73 bits per heavy atom. The van der Waals surface area contributed by atoms with Gasteiger partial charge in [0.2, 0.25) is 17.7 Å². The third-order valence-corrected chi connectivity index (χ3v) is 9.41. The van der Waals surface area contributed by atoms with Crippen molar-refractivity contribution in [1.29, 1.82) is 0 Å². The minimum Gasteiger partial charge on any atom is -0.488 e. The van der Waals surface area contributed by atoms with Crippen molar-refractivity contribution in [2.75, 3.05) is 43.1 Å². The van der Waals surface area contributed by atoms with Crippen LogP contribution in [0.4, 0.5) is 17.1 Å². The van der Waals surface area contributed by atoms with Gasteiger partial charge < -0.3 is 31.1 Å². The summed E-state index contributed by atoms with van der Waals surface area (Å²) < 4.78 is 6.62. The van der Waals surface area contributed by atoms with Crippen LogP contribution in [0.15, 0.2) is 60.7 Å². The van der Waals surface area contributed by atoms with E-state index in [0.717, 1.165) is 12.0 Å². The van der Waals surface area contributed by atoms with Crippen molar-refractivity contribution in [1.82, 2.24) is 9.80 Å². The Morgan fingerprint density at radius 3 is 2.43 bits per heavy atom. The summed E-state index contributed by atoms with van der Waals surface area (Å²) in [5, 5.41) is 16.7. The molecule has 49 heavy (non-hydrogen) atoms. The number of nitrogens with one attached hydrogen (secondary N) is 2. The van der Waals surface area contributed by atoms with Crippen molar-refractivity contribution < 1.29 is 24.2 Å². The molecule has 1 heterocycles. The Morgan fingerprint density at radius 1 is 1.02 bits per heavy atom. The van der Waals surface area contributed by atoms with Gasteiger partial charge in [0.05, 0.1) is 40.5 Å². The summed E-state index contributed by atoms with van der Waals surface area (Å²) in [4.78, 5) is 42.5. The lowest BCUT2D eigenvalue weighted by molar-refractivity contribution is -0.134. The van der Waals surface area contributed by atoms with Gasteiger partial charge in [0.25, 0.3) is 0 Å². The van der Waals surface area contributed by atoms with Gasteiger partial charge in [0.1, 0.15) is 11.9 Å². The fourth-order valence-electron chi connectivity index (χ4n) is 5.84. The number of ether oxygens (including phenoxy) is 1. The van der Waals surface area contributed by atoms with Gasteiger partial charge in [-0.15, -0.1) is 0 Å². The molecule has 0 unspecified atom stereocenters. The summed E-state index contributed by atoms with van der Waals surface area (Å²) in [6.07, 6.45) is 2.42. The Bertz CT molecular complexity index is 1610. The van der Waals surface area contributed by atoms with Gasteiger partial charge in [-0.1, -0.05) is 54.7 Å². The van der Waals surface area contributed by atoms with Crippen molar-refractivity contribution in [2.45, 2.75) is 71.1 Å². The maximum Gasteiger partial charge on any atom is 0.227 e. The molecule has 3 atom stereocenters. The van der Waals surface area contributed by atoms with Crippen LogP contribution in [0.3, 0.4) is 0 Å². The van der Waals surface area contributed by atoms with E-state index < -0.39 is 0 Å².